The van der Waals surface area contributed by atoms with Crippen molar-refractivity contribution in [1.29, 1.82) is 0 Å². The van der Waals surface area contributed by atoms with E-state index in [1.54, 1.807) is 0 Å². The standard InChI is InChI=1S/C19H20ClFN2O/c20-17-12-15(21)8-9-16(17)19(24)22-18(13-23-10-4-5-11-23)14-6-2-1-3-7-14/h1-3,6-9,12,18H,4-5,10-11,13H2,(H,22,24). The lowest BCUT2D eigenvalue weighted by molar-refractivity contribution is 0.0927. The SMILES string of the molecule is O=C(NC(CN1CCCC1)c1ccccc1)c1ccc(F)cc1Cl. The van der Waals surface area contributed by atoms with Gasteiger partial charge >= 0.3 is 0 Å². The van der Waals surface area contributed by atoms with E-state index in [-0.39, 0.29) is 17.0 Å². The summed E-state index contributed by atoms with van der Waals surface area (Å²) in [6.07, 6.45) is 2.39. The Bertz CT molecular complexity index is 702. The van der Waals surface area contributed by atoms with Crippen LogP contribution in [-0.2, 0) is 0 Å². The number of nitrogens with one attached hydrogen (secondary N) is 1. The molecule has 1 heterocycles. The zero-order chi connectivity index (χ0) is 16.9. The summed E-state index contributed by atoms with van der Waals surface area (Å²) in [6, 6.07) is 13.6. The molecule has 1 N–H and O–H groups in total. The van der Waals surface area contributed by atoms with Crippen LogP contribution in [0.5, 0.6) is 0 Å². The van der Waals surface area contributed by atoms with Crippen molar-refractivity contribution in [3.05, 3.63) is 70.5 Å². The molecule has 2 aromatic carbocycles. The molecule has 0 spiro atoms. The second-order valence-corrected chi connectivity index (χ2v) is 6.48. The Labute approximate surface area is 146 Å². The Kier molecular flexibility index (Phi) is 5.48. The normalized spacial score (nSPS) is 16.1. The average molecular weight is 347 g/mol. The number of hydrogen-bond acceptors (Lipinski definition) is 2. The lowest BCUT2D eigenvalue weighted by Crippen LogP contribution is -2.37. The molecule has 0 bridgehead atoms. The smallest absolute Gasteiger partial charge is 0.253 e. The fraction of sp³-hybridized carbons (Fsp3) is 0.316. The molecule has 24 heavy (non-hydrogen) atoms. The maximum absolute atomic E-state index is 13.2. The number of amides is 1. The summed E-state index contributed by atoms with van der Waals surface area (Å²) in [6.45, 7) is 2.86. The van der Waals surface area contributed by atoms with Crippen molar-refractivity contribution in [3.63, 3.8) is 0 Å². The van der Waals surface area contributed by atoms with Crippen LogP contribution in [0.2, 0.25) is 5.02 Å². The van der Waals surface area contributed by atoms with Gasteiger partial charge in [-0.05, 0) is 49.7 Å². The third-order valence-corrected chi connectivity index (χ3v) is 4.64. The highest BCUT2D eigenvalue weighted by Gasteiger charge is 2.22. The molecule has 5 heteroatoms. The van der Waals surface area contributed by atoms with E-state index < -0.39 is 5.82 Å². The summed E-state index contributed by atoms with van der Waals surface area (Å²) in [5.41, 5.74) is 1.34. The van der Waals surface area contributed by atoms with Gasteiger partial charge < -0.3 is 10.2 Å². The maximum Gasteiger partial charge on any atom is 0.253 e. The number of likely N-dealkylation sites (tertiary alicyclic amines) is 1. The van der Waals surface area contributed by atoms with E-state index in [1.807, 2.05) is 30.3 Å². The molecule has 1 aliphatic heterocycles. The van der Waals surface area contributed by atoms with Crippen LogP contribution in [0.25, 0.3) is 0 Å². The highest BCUT2D eigenvalue weighted by molar-refractivity contribution is 6.33. The van der Waals surface area contributed by atoms with Crippen molar-refractivity contribution in [3.8, 4) is 0 Å². The predicted octanol–water partition coefficient (Wildman–Crippen LogP) is 4.05. The van der Waals surface area contributed by atoms with Crippen LogP contribution >= 0.6 is 11.6 Å². The topological polar surface area (TPSA) is 32.3 Å². The van der Waals surface area contributed by atoms with E-state index in [4.69, 9.17) is 11.6 Å². The summed E-state index contributed by atoms with van der Waals surface area (Å²) in [5.74, 6) is -0.735. The van der Waals surface area contributed by atoms with E-state index in [0.717, 1.165) is 31.3 Å². The summed E-state index contributed by atoms with van der Waals surface area (Å²) in [4.78, 5) is 14.9. The van der Waals surface area contributed by atoms with Gasteiger partial charge in [0.1, 0.15) is 5.82 Å². The van der Waals surface area contributed by atoms with Gasteiger partial charge in [-0.2, -0.15) is 0 Å². The first-order valence-electron chi connectivity index (χ1n) is 8.17. The Hall–Kier alpha value is -1.91. The molecule has 1 amide bonds. The van der Waals surface area contributed by atoms with E-state index in [0.29, 0.717) is 5.56 Å². The molecule has 0 aromatic heterocycles. The second-order valence-electron chi connectivity index (χ2n) is 6.07. The van der Waals surface area contributed by atoms with E-state index >= 15 is 0 Å². The Morgan fingerprint density at radius 2 is 1.88 bits per heavy atom. The van der Waals surface area contributed by atoms with Crippen LogP contribution in [-0.4, -0.2) is 30.4 Å². The Morgan fingerprint density at radius 3 is 2.54 bits per heavy atom. The van der Waals surface area contributed by atoms with Crippen molar-refractivity contribution >= 4 is 17.5 Å². The summed E-state index contributed by atoms with van der Waals surface area (Å²) in [7, 11) is 0. The van der Waals surface area contributed by atoms with Gasteiger partial charge in [-0.3, -0.25) is 4.79 Å². The number of carbonyl (C=O) groups excluding carboxylic acids is 1. The maximum atomic E-state index is 13.2. The molecule has 1 fully saturated rings. The van der Waals surface area contributed by atoms with E-state index in [2.05, 4.69) is 10.2 Å². The van der Waals surface area contributed by atoms with Crippen LogP contribution < -0.4 is 5.32 Å². The van der Waals surface area contributed by atoms with E-state index in [9.17, 15) is 9.18 Å². The zero-order valence-electron chi connectivity index (χ0n) is 13.3. The first-order chi connectivity index (χ1) is 11.6. The van der Waals surface area contributed by atoms with Crippen molar-refractivity contribution < 1.29 is 9.18 Å². The molecule has 126 valence electrons. The van der Waals surface area contributed by atoms with Crippen LogP contribution in [0.1, 0.15) is 34.8 Å². The first kappa shape index (κ1) is 16.9. The Balaban J connectivity index is 1.78. The summed E-state index contributed by atoms with van der Waals surface area (Å²) in [5, 5.41) is 3.17. The van der Waals surface area contributed by atoms with Gasteiger partial charge in [0.25, 0.3) is 5.91 Å². The van der Waals surface area contributed by atoms with E-state index in [1.165, 1.54) is 25.0 Å². The largest absolute Gasteiger partial charge is 0.344 e. The second kappa shape index (κ2) is 7.77. The lowest BCUT2D eigenvalue weighted by atomic mass is 10.1. The van der Waals surface area contributed by atoms with Crippen molar-refractivity contribution in [1.82, 2.24) is 10.2 Å². The third kappa shape index (κ3) is 4.13. The van der Waals surface area contributed by atoms with Gasteiger partial charge in [-0.25, -0.2) is 4.39 Å². The van der Waals surface area contributed by atoms with Gasteiger partial charge in [0.15, 0.2) is 0 Å². The highest BCUT2D eigenvalue weighted by Crippen LogP contribution is 2.21. The molecule has 2 aromatic rings. The van der Waals surface area contributed by atoms with Crippen LogP contribution in [0, 0.1) is 5.82 Å². The molecule has 3 rings (SSSR count). The number of halogens is 2. The molecule has 0 saturated carbocycles. The fourth-order valence-corrected chi connectivity index (χ4v) is 3.31. The minimum absolute atomic E-state index is 0.125. The van der Waals surface area contributed by atoms with Gasteiger partial charge in [0.2, 0.25) is 0 Å². The predicted molar refractivity (Wildman–Crippen MR) is 93.7 cm³/mol. The molecular weight excluding hydrogens is 327 g/mol. The molecule has 1 saturated heterocycles. The quantitative estimate of drug-likeness (QED) is 0.886. The average Bonchev–Trinajstić information content (AvgIpc) is 3.08. The molecule has 3 nitrogen and oxygen atoms in total. The first-order valence-corrected chi connectivity index (χ1v) is 8.54. The third-order valence-electron chi connectivity index (χ3n) is 4.32. The summed E-state index contributed by atoms with van der Waals surface area (Å²) >= 11 is 6.01. The minimum atomic E-state index is -0.451. The molecular formula is C19H20ClFN2O. The highest BCUT2D eigenvalue weighted by atomic mass is 35.5. The Morgan fingerprint density at radius 1 is 1.17 bits per heavy atom. The molecule has 0 radical (unpaired) electrons. The molecule has 1 aliphatic rings. The van der Waals surface area contributed by atoms with Crippen LogP contribution in [0.4, 0.5) is 4.39 Å². The van der Waals surface area contributed by atoms with Crippen molar-refractivity contribution in [2.24, 2.45) is 0 Å². The fourth-order valence-electron chi connectivity index (χ4n) is 3.05. The van der Waals surface area contributed by atoms with Gasteiger partial charge in [-0.1, -0.05) is 41.9 Å². The minimum Gasteiger partial charge on any atom is -0.344 e. The molecule has 0 aliphatic carbocycles. The number of carbonyl (C=O) groups is 1. The molecule has 1 unspecified atom stereocenters. The monoisotopic (exact) mass is 346 g/mol. The zero-order valence-corrected chi connectivity index (χ0v) is 14.1. The number of benzene rings is 2. The number of hydrogen-bond donors (Lipinski definition) is 1. The van der Waals surface area contributed by atoms with Gasteiger partial charge in [0.05, 0.1) is 16.6 Å². The molecule has 1 atom stereocenters. The summed E-state index contributed by atoms with van der Waals surface area (Å²) < 4.78 is 13.2. The number of nitrogens with zero attached hydrogens (tertiary/aromatic N) is 1. The lowest BCUT2D eigenvalue weighted by Gasteiger charge is -2.25. The van der Waals surface area contributed by atoms with Gasteiger partial charge in [0, 0.05) is 6.54 Å². The van der Waals surface area contributed by atoms with Crippen LogP contribution in [0.15, 0.2) is 48.5 Å². The van der Waals surface area contributed by atoms with Crippen molar-refractivity contribution in [2.75, 3.05) is 19.6 Å². The number of rotatable bonds is 5. The van der Waals surface area contributed by atoms with Crippen LogP contribution in [0.3, 0.4) is 0 Å². The van der Waals surface area contributed by atoms with Gasteiger partial charge in [-0.15, -0.1) is 0 Å². The van der Waals surface area contributed by atoms with Crippen molar-refractivity contribution in [2.45, 2.75) is 18.9 Å².